The minimum absolute atomic E-state index is 0.252. The highest BCUT2D eigenvalue weighted by Crippen LogP contribution is 2.33. The van der Waals surface area contributed by atoms with Crippen molar-refractivity contribution in [2.45, 2.75) is 32.8 Å². The lowest BCUT2D eigenvalue weighted by Gasteiger charge is -2.35. The van der Waals surface area contributed by atoms with Crippen LogP contribution in [-0.2, 0) is 6.42 Å². The van der Waals surface area contributed by atoms with Crippen molar-refractivity contribution in [1.82, 2.24) is 9.88 Å². The number of aliphatic hydroxyl groups is 1. The maximum Gasteiger partial charge on any atom is 0.138 e. The van der Waals surface area contributed by atoms with Gasteiger partial charge in [-0.3, -0.25) is 0 Å². The minimum atomic E-state index is -0.252. The molecule has 148 valence electrons. The number of likely N-dealkylation sites (N-methyl/N-ethyl adjacent to an activating group) is 1. The third-order valence-corrected chi connectivity index (χ3v) is 6.51. The molecule has 3 heterocycles. The zero-order valence-electron chi connectivity index (χ0n) is 16.8. The van der Waals surface area contributed by atoms with E-state index >= 15 is 0 Å². The molecule has 1 aliphatic heterocycles. The Bertz CT molecular complexity index is 911. The van der Waals surface area contributed by atoms with Crippen LogP contribution in [0.15, 0.2) is 41.8 Å². The van der Waals surface area contributed by atoms with Gasteiger partial charge in [-0.25, -0.2) is 4.98 Å². The lowest BCUT2D eigenvalue weighted by molar-refractivity contribution is 0.185. The van der Waals surface area contributed by atoms with Crippen LogP contribution in [0.25, 0.3) is 21.3 Å². The van der Waals surface area contributed by atoms with E-state index in [0.717, 1.165) is 62.6 Å². The number of benzene rings is 1. The van der Waals surface area contributed by atoms with Crippen LogP contribution in [0.2, 0.25) is 0 Å². The molecule has 1 N–H and O–H groups in total. The van der Waals surface area contributed by atoms with E-state index in [4.69, 9.17) is 4.98 Å². The maximum atomic E-state index is 9.50. The molecule has 4 nitrogen and oxygen atoms in total. The number of thiophene rings is 1. The van der Waals surface area contributed by atoms with E-state index in [1.54, 1.807) is 11.3 Å². The number of anilines is 1. The summed E-state index contributed by atoms with van der Waals surface area (Å²) < 4.78 is 1.30. The first kappa shape index (κ1) is 19.4. The highest BCUT2D eigenvalue weighted by atomic mass is 32.1. The molecule has 1 unspecified atom stereocenters. The molecule has 2 aromatic heterocycles. The Kier molecular flexibility index (Phi) is 5.95. The zero-order valence-corrected chi connectivity index (χ0v) is 17.6. The van der Waals surface area contributed by atoms with E-state index in [-0.39, 0.29) is 6.10 Å². The molecular weight excluding hydrogens is 366 g/mol. The SMILES string of the molecule is CCN1CCN(c2nc(-c3ccc(CCC(C)O)cc3)cc3sccc23)CC1. The summed E-state index contributed by atoms with van der Waals surface area (Å²) in [5.41, 5.74) is 3.47. The van der Waals surface area contributed by atoms with Crippen molar-refractivity contribution < 1.29 is 5.11 Å². The molecule has 0 aliphatic carbocycles. The lowest BCUT2D eigenvalue weighted by Crippen LogP contribution is -2.46. The third-order valence-electron chi connectivity index (χ3n) is 5.65. The molecule has 4 rings (SSSR count). The monoisotopic (exact) mass is 395 g/mol. The van der Waals surface area contributed by atoms with Crippen LogP contribution in [-0.4, -0.2) is 53.8 Å². The summed E-state index contributed by atoms with van der Waals surface area (Å²) in [7, 11) is 0. The van der Waals surface area contributed by atoms with Crippen LogP contribution in [0.1, 0.15) is 25.8 Å². The van der Waals surface area contributed by atoms with Crippen molar-refractivity contribution in [3.05, 3.63) is 47.3 Å². The number of rotatable bonds is 6. The molecule has 0 spiro atoms. The number of fused-ring (bicyclic) bond motifs is 1. The molecule has 1 aromatic carbocycles. The Morgan fingerprint density at radius 3 is 2.54 bits per heavy atom. The molecule has 3 aromatic rings. The fraction of sp³-hybridized carbons (Fsp3) is 0.435. The van der Waals surface area contributed by atoms with Gasteiger partial charge in [-0.2, -0.15) is 0 Å². The topological polar surface area (TPSA) is 39.6 Å². The molecule has 0 bridgehead atoms. The Balaban J connectivity index is 1.61. The highest BCUT2D eigenvalue weighted by molar-refractivity contribution is 7.17. The van der Waals surface area contributed by atoms with Gasteiger partial charge >= 0.3 is 0 Å². The predicted molar refractivity (Wildman–Crippen MR) is 119 cm³/mol. The second kappa shape index (κ2) is 8.60. The second-order valence-electron chi connectivity index (χ2n) is 7.67. The lowest BCUT2D eigenvalue weighted by atomic mass is 10.0. The molecule has 1 aliphatic rings. The predicted octanol–water partition coefficient (Wildman–Crippen LogP) is 4.42. The first-order valence-electron chi connectivity index (χ1n) is 10.3. The van der Waals surface area contributed by atoms with Gasteiger partial charge in [0.05, 0.1) is 11.8 Å². The van der Waals surface area contributed by atoms with Gasteiger partial charge in [-0.15, -0.1) is 11.3 Å². The van der Waals surface area contributed by atoms with Crippen molar-refractivity contribution in [1.29, 1.82) is 0 Å². The summed E-state index contributed by atoms with van der Waals surface area (Å²) in [6.45, 7) is 9.47. The van der Waals surface area contributed by atoms with Gasteiger partial charge in [0.15, 0.2) is 0 Å². The summed E-state index contributed by atoms with van der Waals surface area (Å²) in [6, 6.07) is 13.1. The van der Waals surface area contributed by atoms with Crippen molar-refractivity contribution in [2.24, 2.45) is 0 Å². The van der Waals surface area contributed by atoms with E-state index in [2.05, 4.69) is 58.5 Å². The van der Waals surface area contributed by atoms with Crippen molar-refractivity contribution in [2.75, 3.05) is 37.6 Å². The summed E-state index contributed by atoms with van der Waals surface area (Å²) in [5, 5.41) is 12.9. The Morgan fingerprint density at radius 1 is 1.11 bits per heavy atom. The number of nitrogens with zero attached hydrogens (tertiary/aromatic N) is 3. The number of aryl methyl sites for hydroxylation is 1. The van der Waals surface area contributed by atoms with Gasteiger partial charge < -0.3 is 14.9 Å². The second-order valence-corrected chi connectivity index (χ2v) is 8.62. The summed E-state index contributed by atoms with van der Waals surface area (Å²) >= 11 is 1.79. The number of pyridine rings is 1. The minimum Gasteiger partial charge on any atom is -0.393 e. The quantitative estimate of drug-likeness (QED) is 0.671. The van der Waals surface area contributed by atoms with Gasteiger partial charge in [0.1, 0.15) is 5.82 Å². The molecule has 0 radical (unpaired) electrons. The average Bonchev–Trinajstić information content (AvgIpc) is 3.21. The molecule has 0 saturated carbocycles. The molecule has 1 fully saturated rings. The van der Waals surface area contributed by atoms with Crippen LogP contribution in [0.5, 0.6) is 0 Å². The number of aliphatic hydroxyl groups excluding tert-OH is 1. The highest BCUT2D eigenvalue weighted by Gasteiger charge is 2.20. The zero-order chi connectivity index (χ0) is 19.5. The van der Waals surface area contributed by atoms with Crippen LogP contribution in [0.4, 0.5) is 5.82 Å². The fourth-order valence-corrected chi connectivity index (χ4v) is 4.65. The number of hydrogen-bond acceptors (Lipinski definition) is 5. The molecule has 1 atom stereocenters. The van der Waals surface area contributed by atoms with Gasteiger partial charge in [0.25, 0.3) is 0 Å². The standard InChI is InChI=1S/C23H29N3OS/c1-3-25-11-13-26(14-12-25)23-20-10-15-28-22(20)16-21(24-23)19-8-6-18(7-9-19)5-4-17(2)27/h6-10,15-17,27H,3-5,11-14H2,1-2H3. The first-order chi connectivity index (χ1) is 13.6. The van der Waals surface area contributed by atoms with Crippen molar-refractivity contribution in [3.8, 4) is 11.3 Å². The van der Waals surface area contributed by atoms with E-state index in [1.807, 2.05) is 6.92 Å². The average molecular weight is 396 g/mol. The van der Waals surface area contributed by atoms with Crippen LogP contribution in [0, 0.1) is 0 Å². The van der Waals surface area contributed by atoms with E-state index in [1.165, 1.54) is 15.6 Å². The Morgan fingerprint density at radius 2 is 1.86 bits per heavy atom. The number of piperazine rings is 1. The van der Waals surface area contributed by atoms with E-state index in [0.29, 0.717) is 0 Å². The van der Waals surface area contributed by atoms with Crippen molar-refractivity contribution >= 4 is 27.2 Å². The Labute approximate surface area is 171 Å². The summed E-state index contributed by atoms with van der Waals surface area (Å²) in [4.78, 5) is 10.0. The normalized spacial score (nSPS) is 16.6. The van der Waals surface area contributed by atoms with Gasteiger partial charge in [0.2, 0.25) is 0 Å². The van der Waals surface area contributed by atoms with Crippen molar-refractivity contribution in [3.63, 3.8) is 0 Å². The van der Waals surface area contributed by atoms with Gasteiger partial charge in [-0.05, 0) is 49.4 Å². The first-order valence-corrected chi connectivity index (χ1v) is 11.1. The summed E-state index contributed by atoms with van der Waals surface area (Å²) in [5.74, 6) is 1.13. The molecule has 0 amide bonds. The van der Waals surface area contributed by atoms with Gasteiger partial charge in [0, 0.05) is 41.8 Å². The fourth-order valence-electron chi connectivity index (χ4n) is 3.83. The molecule has 28 heavy (non-hydrogen) atoms. The van der Waals surface area contributed by atoms with Crippen LogP contribution >= 0.6 is 11.3 Å². The molecular formula is C23H29N3OS. The summed E-state index contributed by atoms with van der Waals surface area (Å²) in [6.07, 6.45) is 1.45. The van der Waals surface area contributed by atoms with Crippen LogP contribution < -0.4 is 4.90 Å². The molecule has 5 heteroatoms. The van der Waals surface area contributed by atoms with Gasteiger partial charge in [-0.1, -0.05) is 31.2 Å². The smallest absolute Gasteiger partial charge is 0.138 e. The third kappa shape index (κ3) is 4.22. The maximum absolute atomic E-state index is 9.50. The largest absolute Gasteiger partial charge is 0.393 e. The molecule has 1 saturated heterocycles. The van der Waals surface area contributed by atoms with E-state index < -0.39 is 0 Å². The Hall–Kier alpha value is -1.95. The van der Waals surface area contributed by atoms with Crippen LogP contribution in [0.3, 0.4) is 0 Å². The number of hydrogen-bond donors (Lipinski definition) is 1. The number of aromatic nitrogens is 1. The van der Waals surface area contributed by atoms with E-state index in [9.17, 15) is 5.11 Å².